The highest BCUT2D eigenvalue weighted by atomic mass is 31.1. The minimum absolute atomic E-state index is 0.210. The number of allylic oxidation sites excluding steroid dienone is 1. The summed E-state index contributed by atoms with van der Waals surface area (Å²) in [5.74, 6) is -2.80. The van der Waals surface area contributed by atoms with Gasteiger partial charge in [-0.2, -0.15) is 0 Å². The predicted molar refractivity (Wildman–Crippen MR) is 98.9 cm³/mol. The molecule has 7 heteroatoms. The molecule has 0 amide bonds. The van der Waals surface area contributed by atoms with Gasteiger partial charge in [-0.1, -0.05) is 38.8 Å². The van der Waals surface area contributed by atoms with E-state index in [0.29, 0.717) is 32.8 Å². The summed E-state index contributed by atoms with van der Waals surface area (Å²) in [7, 11) is -2.48. The Labute approximate surface area is 153 Å². The van der Waals surface area contributed by atoms with Gasteiger partial charge in [0.05, 0.1) is 26.4 Å². The molecular weight excluding hydrogens is 343 g/mol. The van der Waals surface area contributed by atoms with Crippen LogP contribution in [0, 0.1) is 0 Å². The highest BCUT2D eigenvalue weighted by Crippen LogP contribution is 2.42. The molecule has 0 aromatic rings. The van der Waals surface area contributed by atoms with Crippen LogP contribution in [0.1, 0.15) is 60.3 Å². The molecule has 0 aromatic heterocycles. The molecule has 0 saturated carbocycles. The molecule has 146 valence electrons. The van der Waals surface area contributed by atoms with E-state index in [4.69, 9.17) is 18.9 Å². The van der Waals surface area contributed by atoms with E-state index in [9.17, 15) is 9.36 Å². The molecule has 0 aliphatic heterocycles. The summed E-state index contributed by atoms with van der Waals surface area (Å²) in [5, 5.41) is 0. The van der Waals surface area contributed by atoms with Gasteiger partial charge in [-0.15, -0.1) is 0 Å². The van der Waals surface area contributed by atoms with Gasteiger partial charge >= 0.3 is 25.1 Å². The third-order valence-electron chi connectivity index (χ3n) is 3.08. The Morgan fingerprint density at radius 1 is 0.920 bits per heavy atom. The first-order valence-corrected chi connectivity index (χ1v) is 10.4. The summed E-state index contributed by atoms with van der Waals surface area (Å²) >= 11 is 0. The van der Waals surface area contributed by atoms with Crippen molar-refractivity contribution in [1.82, 2.24) is 0 Å². The summed E-state index contributed by atoms with van der Waals surface area (Å²) in [6.07, 6.45) is 2.86. The summed E-state index contributed by atoms with van der Waals surface area (Å²) in [6.45, 7) is 14.2. The van der Waals surface area contributed by atoms with Crippen LogP contribution >= 0.6 is 7.80 Å². The summed E-state index contributed by atoms with van der Waals surface area (Å²) < 4.78 is 36.2. The summed E-state index contributed by atoms with van der Waals surface area (Å²) in [5.41, 5.74) is -0.345. The number of ether oxygens (including phenoxy) is 4. The van der Waals surface area contributed by atoms with Crippen molar-refractivity contribution in [2.45, 2.75) is 72.1 Å². The second kappa shape index (κ2) is 13.5. The Bertz CT molecular complexity index is 402. The molecule has 0 heterocycles. The summed E-state index contributed by atoms with van der Waals surface area (Å²) in [6, 6.07) is 0. The van der Waals surface area contributed by atoms with Crippen molar-refractivity contribution in [1.29, 1.82) is 0 Å². The SMILES string of the molecule is C=C(C)C(=O)[P+](=O)C(OCCC)C(OCCC)(OCCC)OCCC. The van der Waals surface area contributed by atoms with Crippen molar-refractivity contribution in [3.05, 3.63) is 12.2 Å². The largest absolute Gasteiger partial charge is 0.460 e. The Kier molecular flexibility index (Phi) is 13.2. The second-order valence-corrected chi connectivity index (χ2v) is 7.31. The lowest BCUT2D eigenvalue weighted by Gasteiger charge is -2.33. The minimum atomic E-state index is -2.48. The fourth-order valence-electron chi connectivity index (χ4n) is 1.91. The molecular formula is C18H34O6P+. The van der Waals surface area contributed by atoms with E-state index in [1.807, 2.05) is 27.7 Å². The maximum absolute atomic E-state index is 12.9. The number of carbonyl (C=O) groups excluding carboxylic acids is 1. The van der Waals surface area contributed by atoms with Gasteiger partial charge in [-0.25, -0.2) is 4.79 Å². The van der Waals surface area contributed by atoms with Gasteiger partial charge in [0, 0.05) is 5.57 Å². The van der Waals surface area contributed by atoms with E-state index in [0.717, 1.165) is 19.3 Å². The Morgan fingerprint density at radius 3 is 1.64 bits per heavy atom. The van der Waals surface area contributed by atoms with E-state index in [1.54, 1.807) is 0 Å². The van der Waals surface area contributed by atoms with Crippen LogP contribution in [0.5, 0.6) is 0 Å². The number of rotatable bonds is 16. The average molecular weight is 377 g/mol. The number of hydrogen-bond acceptors (Lipinski definition) is 6. The van der Waals surface area contributed by atoms with Crippen molar-refractivity contribution in [3.63, 3.8) is 0 Å². The molecule has 0 saturated heterocycles. The standard InChI is InChI=1S/C18H34O6P/c1-7-11-21-17(25(20)16(19)15(5)6)18(22-12-8-2,23-13-9-3)24-14-10-4/h17H,5,7-14H2,1-4,6H3/q+1. The van der Waals surface area contributed by atoms with Gasteiger partial charge < -0.3 is 18.9 Å². The Hall–Kier alpha value is -0.650. The highest BCUT2D eigenvalue weighted by Gasteiger charge is 2.59. The third-order valence-corrected chi connectivity index (χ3v) is 4.76. The molecule has 0 aromatic carbocycles. The zero-order valence-corrected chi connectivity index (χ0v) is 17.2. The van der Waals surface area contributed by atoms with Crippen LogP contribution in [-0.2, 0) is 28.3 Å². The molecule has 0 rings (SSSR count). The first-order valence-electron chi connectivity index (χ1n) is 9.09. The lowest BCUT2D eigenvalue weighted by atomic mass is 10.4. The number of hydrogen-bond donors (Lipinski definition) is 0. The van der Waals surface area contributed by atoms with Gasteiger partial charge in [0.1, 0.15) is 0 Å². The fraction of sp³-hybridized carbons (Fsp3) is 0.833. The quantitative estimate of drug-likeness (QED) is 0.222. The first kappa shape index (κ1) is 24.4. The van der Waals surface area contributed by atoms with Gasteiger partial charge in [0.15, 0.2) is 0 Å². The van der Waals surface area contributed by atoms with Crippen molar-refractivity contribution >= 4 is 13.3 Å². The molecule has 0 bridgehead atoms. The van der Waals surface area contributed by atoms with E-state index in [-0.39, 0.29) is 5.57 Å². The van der Waals surface area contributed by atoms with Gasteiger partial charge in [0.2, 0.25) is 0 Å². The number of carbonyl (C=O) groups is 1. The van der Waals surface area contributed by atoms with Crippen LogP contribution in [0.2, 0.25) is 0 Å². The lowest BCUT2D eigenvalue weighted by molar-refractivity contribution is -0.403. The zero-order valence-electron chi connectivity index (χ0n) is 16.3. The zero-order chi connectivity index (χ0) is 19.3. The van der Waals surface area contributed by atoms with Crippen molar-refractivity contribution in [2.24, 2.45) is 0 Å². The van der Waals surface area contributed by atoms with Gasteiger partial charge in [-0.3, -0.25) is 0 Å². The van der Waals surface area contributed by atoms with Crippen LogP contribution in [-0.4, -0.2) is 43.8 Å². The minimum Gasteiger partial charge on any atom is -0.328 e. The molecule has 0 radical (unpaired) electrons. The maximum Gasteiger partial charge on any atom is 0.460 e. The Balaban J connectivity index is 5.82. The van der Waals surface area contributed by atoms with Crippen LogP contribution in [0.15, 0.2) is 12.2 Å². The molecule has 2 atom stereocenters. The van der Waals surface area contributed by atoms with Crippen molar-refractivity contribution < 1.29 is 28.3 Å². The van der Waals surface area contributed by atoms with Crippen LogP contribution in [0.25, 0.3) is 0 Å². The topological polar surface area (TPSA) is 71.1 Å². The molecule has 6 nitrogen and oxygen atoms in total. The normalized spacial score (nSPS) is 13.6. The van der Waals surface area contributed by atoms with Gasteiger partial charge in [-0.05, 0) is 32.6 Å². The molecule has 0 aliphatic rings. The summed E-state index contributed by atoms with van der Waals surface area (Å²) in [4.78, 5) is 12.3. The van der Waals surface area contributed by atoms with Crippen molar-refractivity contribution in [3.8, 4) is 0 Å². The van der Waals surface area contributed by atoms with Crippen LogP contribution in [0.3, 0.4) is 0 Å². The van der Waals surface area contributed by atoms with Crippen molar-refractivity contribution in [2.75, 3.05) is 26.4 Å². The second-order valence-electron chi connectivity index (χ2n) is 5.78. The fourth-order valence-corrected chi connectivity index (χ4v) is 3.25. The van der Waals surface area contributed by atoms with Crippen LogP contribution in [0.4, 0.5) is 0 Å². The van der Waals surface area contributed by atoms with Gasteiger partial charge in [0.25, 0.3) is 0 Å². The maximum atomic E-state index is 12.9. The average Bonchev–Trinajstić information content (AvgIpc) is 2.61. The predicted octanol–water partition coefficient (Wildman–Crippen LogP) is 4.60. The lowest BCUT2D eigenvalue weighted by Crippen LogP contribution is -2.51. The smallest absolute Gasteiger partial charge is 0.328 e. The molecule has 0 N–H and O–H groups in total. The first-order chi connectivity index (χ1) is 11.9. The molecule has 0 spiro atoms. The molecule has 0 fully saturated rings. The molecule has 0 aliphatic carbocycles. The monoisotopic (exact) mass is 377 g/mol. The third kappa shape index (κ3) is 8.06. The van der Waals surface area contributed by atoms with E-state index < -0.39 is 25.1 Å². The van der Waals surface area contributed by atoms with Crippen LogP contribution < -0.4 is 0 Å². The highest BCUT2D eigenvalue weighted by molar-refractivity contribution is 7.65. The van der Waals surface area contributed by atoms with E-state index in [2.05, 4.69) is 6.58 Å². The van der Waals surface area contributed by atoms with E-state index in [1.165, 1.54) is 6.92 Å². The van der Waals surface area contributed by atoms with E-state index >= 15 is 0 Å². The molecule has 25 heavy (non-hydrogen) atoms. The Morgan fingerprint density at radius 2 is 1.32 bits per heavy atom. The molecule has 2 unspecified atom stereocenters.